The zero-order chi connectivity index (χ0) is 14.4. The van der Waals surface area contributed by atoms with Gasteiger partial charge < -0.3 is 10.4 Å². The molecule has 0 saturated heterocycles. The molecule has 2 heterocycles. The fourth-order valence-electron chi connectivity index (χ4n) is 1.60. The first-order valence-electron chi connectivity index (χ1n) is 6.32. The van der Waals surface area contributed by atoms with E-state index in [-0.39, 0.29) is 12.1 Å². The van der Waals surface area contributed by atoms with Crippen molar-refractivity contribution < 1.29 is 5.11 Å². The van der Waals surface area contributed by atoms with E-state index in [1.807, 2.05) is 0 Å². The zero-order valence-electron chi connectivity index (χ0n) is 11.2. The van der Waals surface area contributed by atoms with E-state index in [1.165, 1.54) is 0 Å². The smallest absolute Gasteiger partial charge is 0.243 e. The van der Waals surface area contributed by atoms with Gasteiger partial charge in [-0.25, -0.2) is 10.8 Å². The number of nitrogens with two attached hydrogens (primary N) is 1. The van der Waals surface area contributed by atoms with Crippen molar-refractivity contribution in [2.75, 3.05) is 17.3 Å². The molecule has 0 fully saturated rings. The Morgan fingerprint density at radius 1 is 1.35 bits per heavy atom. The molecule has 0 aliphatic heterocycles. The maximum absolute atomic E-state index is 9.20. The van der Waals surface area contributed by atoms with Gasteiger partial charge in [-0.1, -0.05) is 0 Å². The summed E-state index contributed by atoms with van der Waals surface area (Å²) in [5.74, 6) is 6.45. The van der Waals surface area contributed by atoms with Crippen LogP contribution in [0.5, 0.6) is 0 Å². The summed E-state index contributed by atoms with van der Waals surface area (Å²) in [5.41, 5.74) is 2.40. The first-order valence-corrected chi connectivity index (χ1v) is 6.32. The van der Waals surface area contributed by atoms with Crippen LogP contribution in [0.1, 0.15) is 19.8 Å². The SMILES string of the molecule is CC(O)CCCNc1nc(NN)nc(-n2ccnc2)n1. The van der Waals surface area contributed by atoms with Crippen LogP contribution in [-0.4, -0.2) is 42.3 Å². The molecule has 9 nitrogen and oxygen atoms in total. The summed E-state index contributed by atoms with van der Waals surface area (Å²) in [5, 5.41) is 12.3. The number of imidazole rings is 1. The predicted octanol–water partition coefficient (Wildman–Crippen LogP) is -0.0842. The van der Waals surface area contributed by atoms with Crippen LogP contribution in [-0.2, 0) is 0 Å². The maximum atomic E-state index is 9.20. The minimum atomic E-state index is -0.307. The maximum Gasteiger partial charge on any atom is 0.243 e. The summed E-state index contributed by atoms with van der Waals surface area (Å²) < 4.78 is 1.66. The molecule has 2 rings (SSSR count). The third-order valence-electron chi connectivity index (χ3n) is 2.57. The molecule has 20 heavy (non-hydrogen) atoms. The fourth-order valence-corrected chi connectivity index (χ4v) is 1.60. The van der Waals surface area contributed by atoms with Gasteiger partial charge in [-0.05, 0) is 19.8 Å². The Morgan fingerprint density at radius 3 is 2.80 bits per heavy atom. The summed E-state index contributed by atoms with van der Waals surface area (Å²) in [6.45, 7) is 2.42. The molecule has 0 amide bonds. The summed E-state index contributed by atoms with van der Waals surface area (Å²) in [7, 11) is 0. The Labute approximate surface area is 116 Å². The highest BCUT2D eigenvalue weighted by Gasteiger charge is 2.07. The summed E-state index contributed by atoms with van der Waals surface area (Å²) in [6.07, 6.45) is 6.18. The normalized spacial score (nSPS) is 12.2. The molecule has 2 aromatic heterocycles. The Bertz CT molecular complexity index is 527. The number of hydrazine groups is 1. The molecule has 0 spiro atoms. The van der Waals surface area contributed by atoms with E-state index in [1.54, 1.807) is 30.2 Å². The Balaban J connectivity index is 2.06. The number of rotatable bonds is 7. The topological polar surface area (TPSA) is 127 Å². The van der Waals surface area contributed by atoms with Gasteiger partial charge in [0, 0.05) is 18.9 Å². The monoisotopic (exact) mass is 278 g/mol. The van der Waals surface area contributed by atoms with Crippen LogP contribution < -0.4 is 16.6 Å². The molecular weight excluding hydrogens is 260 g/mol. The lowest BCUT2D eigenvalue weighted by Crippen LogP contribution is -2.16. The molecule has 5 N–H and O–H groups in total. The number of hydrogen-bond donors (Lipinski definition) is 4. The molecule has 0 aliphatic rings. The lowest BCUT2D eigenvalue weighted by atomic mass is 10.2. The standard InChI is InChI=1S/C11H18N8O/c1-8(20)3-2-4-14-9-15-10(18-12)17-11(16-9)19-6-5-13-7-19/h5-8,20H,2-4,12H2,1H3,(H2,14,15,16,17,18). The number of hydrogen-bond acceptors (Lipinski definition) is 8. The number of aliphatic hydroxyl groups excluding tert-OH is 1. The number of nitrogens with one attached hydrogen (secondary N) is 2. The Morgan fingerprint density at radius 2 is 2.15 bits per heavy atom. The number of aromatic nitrogens is 5. The van der Waals surface area contributed by atoms with E-state index in [0.29, 0.717) is 24.9 Å². The number of anilines is 2. The van der Waals surface area contributed by atoms with Crippen molar-refractivity contribution in [3.05, 3.63) is 18.7 Å². The minimum Gasteiger partial charge on any atom is -0.393 e. The van der Waals surface area contributed by atoms with E-state index < -0.39 is 0 Å². The van der Waals surface area contributed by atoms with Gasteiger partial charge in [-0.2, -0.15) is 15.0 Å². The van der Waals surface area contributed by atoms with Crippen molar-refractivity contribution in [3.8, 4) is 5.95 Å². The lowest BCUT2D eigenvalue weighted by Gasteiger charge is -2.09. The van der Waals surface area contributed by atoms with E-state index >= 15 is 0 Å². The van der Waals surface area contributed by atoms with Gasteiger partial charge in [0.15, 0.2) is 0 Å². The second-order valence-electron chi connectivity index (χ2n) is 4.31. The highest BCUT2D eigenvalue weighted by atomic mass is 16.3. The number of nitrogen functional groups attached to an aromatic ring is 1. The molecule has 0 bridgehead atoms. The second-order valence-corrected chi connectivity index (χ2v) is 4.31. The zero-order valence-corrected chi connectivity index (χ0v) is 11.2. The predicted molar refractivity (Wildman–Crippen MR) is 74.2 cm³/mol. The average molecular weight is 278 g/mol. The van der Waals surface area contributed by atoms with Gasteiger partial charge in [0.05, 0.1) is 6.10 Å². The van der Waals surface area contributed by atoms with Crippen molar-refractivity contribution in [3.63, 3.8) is 0 Å². The van der Waals surface area contributed by atoms with E-state index in [0.717, 1.165) is 6.42 Å². The third kappa shape index (κ3) is 3.87. The molecular formula is C11H18N8O. The quantitative estimate of drug-likeness (QED) is 0.314. The Kier molecular flexibility index (Phi) is 4.80. The van der Waals surface area contributed by atoms with Crippen LogP contribution in [0.25, 0.3) is 5.95 Å². The van der Waals surface area contributed by atoms with Crippen molar-refractivity contribution in [2.24, 2.45) is 5.84 Å². The molecule has 108 valence electrons. The van der Waals surface area contributed by atoms with E-state index in [9.17, 15) is 5.11 Å². The molecule has 2 aromatic rings. The summed E-state index contributed by atoms with van der Waals surface area (Å²) >= 11 is 0. The summed E-state index contributed by atoms with van der Waals surface area (Å²) in [4.78, 5) is 16.5. The summed E-state index contributed by atoms with van der Waals surface area (Å²) in [6, 6.07) is 0. The lowest BCUT2D eigenvalue weighted by molar-refractivity contribution is 0.183. The molecule has 1 unspecified atom stereocenters. The third-order valence-corrected chi connectivity index (χ3v) is 2.57. The highest BCUT2D eigenvalue weighted by molar-refractivity contribution is 5.37. The largest absolute Gasteiger partial charge is 0.393 e. The first kappa shape index (κ1) is 14.2. The van der Waals surface area contributed by atoms with Crippen LogP contribution in [0.4, 0.5) is 11.9 Å². The highest BCUT2D eigenvalue weighted by Crippen LogP contribution is 2.08. The molecule has 0 aliphatic carbocycles. The van der Waals surface area contributed by atoms with Crippen molar-refractivity contribution in [2.45, 2.75) is 25.9 Å². The Hall–Kier alpha value is -2.26. The van der Waals surface area contributed by atoms with Crippen LogP contribution in [0, 0.1) is 0 Å². The minimum absolute atomic E-state index is 0.265. The fraction of sp³-hybridized carbons (Fsp3) is 0.455. The molecule has 1 atom stereocenters. The molecule has 0 aromatic carbocycles. The van der Waals surface area contributed by atoms with Crippen molar-refractivity contribution in [1.82, 2.24) is 24.5 Å². The molecule has 0 radical (unpaired) electrons. The van der Waals surface area contributed by atoms with Gasteiger partial charge in [-0.3, -0.25) is 9.99 Å². The van der Waals surface area contributed by atoms with E-state index in [4.69, 9.17) is 5.84 Å². The van der Waals surface area contributed by atoms with Gasteiger partial charge in [0.2, 0.25) is 17.8 Å². The van der Waals surface area contributed by atoms with Crippen LogP contribution in [0.3, 0.4) is 0 Å². The van der Waals surface area contributed by atoms with Gasteiger partial charge in [-0.15, -0.1) is 0 Å². The van der Waals surface area contributed by atoms with Gasteiger partial charge in [0.1, 0.15) is 6.33 Å². The average Bonchev–Trinajstić information content (AvgIpc) is 2.97. The number of nitrogens with zero attached hydrogens (tertiary/aromatic N) is 5. The van der Waals surface area contributed by atoms with Crippen LogP contribution >= 0.6 is 0 Å². The first-order chi connectivity index (χ1) is 9.69. The molecule has 9 heteroatoms. The van der Waals surface area contributed by atoms with Gasteiger partial charge >= 0.3 is 0 Å². The van der Waals surface area contributed by atoms with E-state index in [2.05, 4.69) is 30.7 Å². The van der Waals surface area contributed by atoms with Crippen molar-refractivity contribution in [1.29, 1.82) is 0 Å². The number of aliphatic hydroxyl groups is 1. The second kappa shape index (κ2) is 6.78. The van der Waals surface area contributed by atoms with Crippen LogP contribution in [0.2, 0.25) is 0 Å². The molecule has 0 saturated carbocycles. The van der Waals surface area contributed by atoms with Crippen LogP contribution in [0.15, 0.2) is 18.7 Å². The van der Waals surface area contributed by atoms with Crippen molar-refractivity contribution >= 4 is 11.9 Å². The van der Waals surface area contributed by atoms with Gasteiger partial charge in [0.25, 0.3) is 0 Å².